The minimum atomic E-state index is -0.116. The molecule has 0 rings (SSSR count). The lowest BCUT2D eigenvalue weighted by Crippen LogP contribution is -2.49. The highest BCUT2D eigenvalue weighted by Crippen LogP contribution is 2.15. The lowest BCUT2D eigenvalue weighted by Gasteiger charge is -2.32. The van der Waals surface area contributed by atoms with Crippen LogP contribution in [0.15, 0.2) is 0 Å². The second kappa shape index (κ2) is 7.74. The Morgan fingerprint density at radius 2 is 1.94 bits per heavy atom. The molecule has 108 valence electrons. The summed E-state index contributed by atoms with van der Waals surface area (Å²) in [4.78, 5) is 14.1. The van der Waals surface area contributed by atoms with Gasteiger partial charge >= 0.3 is 0 Å². The van der Waals surface area contributed by atoms with Crippen molar-refractivity contribution >= 4 is 5.91 Å². The summed E-state index contributed by atoms with van der Waals surface area (Å²) >= 11 is 0. The van der Waals surface area contributed by atoms with Crippen molar-refractivity contribution in [1.29, 1.82) is 0 Å². The van der Waals surface area contributed by atoms with E-state index in [0.717, 1.165) is 19.4 Å². The number of carbonyl (C=O) groups is 1. The van der Waals surface area contributed by atoms with Crippen LogP contribution in [0.25, 0.3) is 0 Å². The predicted octanol–water partition coefficient (Wildman–Crippen LogP) is 1.60. The van der Waals surface area contributed by atoms with E-state index in [-0.39, 0.29) is 23.4 Å². The minimum Gasteiger partial charge on any atom is -0.352 e. The van der Waals surface area contributed by atoms with E-state index in [1.165, 1.54) is 0 Å². The van der Waals surface area contributed by atoms with E-state index in [1.54, 1.807) is 0 Å². The molecule has 2 unspecified atom stereocenters. The van der Waals surface area contributed by atoms with Crippen molar-refractivity contribution in [3.8, 4) is 0 Å². The summed E-state index contributed by atoms with van der Waals surface area (Å²) < 4.78 is 0. The Kier molecular flexibility index (Phi) is 7.48. The Labute approximate surface area is 112 Å². The molecular formula is C14H31N3O. The summed E-state index contributed by atoms with van der Waals surface area (Å²) in [6, 6.07) is 0.135. The maximum absolute atomic E-state index is 12.1. The van der Waals surface area contributed by atoms with E-state index in [2.05, 4.69) is 37.9 Å². The molecule has 4 heteroatoms. The molecule has 0 fully saturated rings. The zero-order valence-electron chi connectivity index (χ0n) is 12.9. The molecule has 0 aliphatic heterocycles. The summed E-state index contributed by atoms with van der Waals surface area (Å²) in [6.45, 7) is 11.8. The highest BCUT2D eigenvalue weighted by atomic mass is 16.2. The lowest BCUT2D eigenvalue weighted by atomic mass is 9.93. The monoisotopic (exact) mass is 257 g/mol. The molecule has 4 nitrogen and oxygen atoms in total. The number of hydrogen-bond donors (Lipinski definition) is 2. The molecule has 0 aromatic heterocycles. The number of amides is 1. The molecule has 0 aliphatic rings. The first-order valence-corrected chi connectivity index (χ1v) is 6.94. The van der Waals surface area contributed by atoms with E-state index in [9.17, 15) is 4.79 Å². The van der Waals surface area contributed by atoms with Gasteiger partial charge in [0.2, 0.25) is 5.91 Å². The molecule has 1 amide bonds. The number of hydrogen-bond acceptors (Lipinski definition) is 3. The summed E-state index contributed by atoms with van der Waals surface area (Å²) in [5, 5.41) is 3.05. The Morgan fingerprint density at radius 1 is 1.39 bits per heavy atom. The van der Waals surface area contributed by atoms with E-state index < -0.39 is 0 Å². The van der Waals surface area contributed by atoms with Gasteiger partial charge in [0.05, 0.1) is 6.04 Å². The van der Waals surface area contributed by atoms with E-state index in [0.29, 0.717) is 6.54 Å². The van der Waals surface area contributed by atoms with E-state index in [4.69, 9.17) is 5.73 Å². The number of nitrogens with zero attached hydrogens (tertiary/aromatic N) is 1. The van der Waals surface area contributed by atoms with Crippen molar-refractivity contribution < 1.29 is 4.79 Å². The first kappa shape index (κ1) is 17.4. The molecule has 18 heavy (non-hydrogen) atoms. The van der Waals surface area contributed by atoms with Crippen LogP contribution < -0.4 is 11.1 Å². The summed E-state index contributed by atoms with van der Waals surface area (Å²) in [7, 11) is 1.98. The van der Waals surface area contributed by atoms with Crippen LogP contribution in [0.1, 0.15) is 47.5 Å². The fourth-order valence-electron chi connectivity index (χ4n) is 1.95. The zero-order valence-corrected chi connectivity index (χ0v) is 12.9. The molecule has 0 aromatic carbocycles. The van der Waals surface area contributed by atoms with Gasteiger partial charge in [0.1, 0.15) is 0 Å². The Bertz CT molecular complexity index is 253. The van der Waals surface area contributed by atoms with Crippen LogP contribution in [0.5, 0.6) is 0 Å². The number of nitrogens with two attached hydrogens (primary N) is 1. The zero-order chi connectivity index (χ0) is 14.3. The molecule has 0 saturated carbocycles. The third-order valence-electron chi connectivity index (χ3n) is 3.38. The second-order valence-electron chi connectivity index (χ2n) is 6.16. The van der Waals surface area contributed by atoms with E-state index >= 15 is 0 Å². The fourth-order valence-corrected chi connectivity index (χ4v) is 1.95. The smallest absolute Gasteiger partial charge is 0.237 e. The molecule has 0 aliphatic carbocycles. The standard InChI is InChI=1S/C14H31N3O/c1-7-8-11(2)16-13(18)12(3)17(6)10-14(4,5)9-15/h11-12H,7-10,15H2,1-6H3,(H,16,18). The van der Waals surface area contributed by atoms with Crippen LogP contribution >= 0.6 is 0 Å². The lowest BCUT2D eigenvalue weighted by molar-refractivity contribution is -0.126. The molecule has 0 radical (unpaired) electrons. The van der Waals surface area contributed by atoms with Crippen molar-refractivity contribution in [2.24, 2.45) is 11.1 Å². The molecule has 0 aromatic rings. The average molecular weight is 257 g/mol. The Balaban J connectivity index is 4.28. The first-order chi connectivity index (χ1) is 8.23. The normalized spacial score (nSPS) is 15.6. The van der Waals surface area contributed by atoms with Crippen molar-refractivity contribution in [3.05, 3.63) is 0 Å². The Morgan fingerprint density at radius 3 is 2.39 bits per heavy atom. The SMILES string of the molecule is CCCC(C)NC(=O)C(C)N(C)CC(C)(C)CN. The van der Waals surface area contributed by atoms with Crippen molar-refractivity contribution in [2.75, 3.05) is 20.1 Å². The third-order valence-corrected chi connectivity index (χ3v) is 3.38. The van der Waals surface area contributed by atoms with Crippen LogP contribution in [0.4, 0.5) is 0 Å². The van der Waals surface area contributed by atoms with Gasteiger partial charge in [0.15, 0.2) is 0 Å². The second-order valence-corrected chi connectivity index (χ2v) is 6.16. The van der Waals surface area contributed by atoms with Crippen molar-refractivity contribution in [3.63, 3.8) is 0 Å². The van der Waals surface area contributed by atoms with Gasteiger partial charge in [-0.25, -0.2) is 0 Å². The molecule has 0 bridgehead atoms. The summed E-state index contributed by atoms with van der Waals surface area (Å²) in [5.41, 5.74) is 5.76. The first-order valence-electron chi connectivity index (χ1n) is 6.94. The maximum Gasteiger partial charge on any atom is 0.237 e. The van der Waals surface area contributed by atoms with Crippen LogP contribution in [0.2, 0.25) is 0 Å². The summed E-state index contributed by atoms with van der Waals surface area (Å²) in [5.74, 6) is 0.103. The largest absolute Gasteiger partial charge is 0.352 e. The average Bonchev–Trinajstić information content (AvgIpc) is 2.27. The summed E-state index contributed by atoms with van der Waals surface area (Å²) in [6.07, 6.45) is 2.11. The quantitative estimate of drug-likeness (QED) is 0.694. The van der Waals surface area contributed by atoms with Crippen LogP contribution in [0, 0.1) is 5.41 Å². The van der Waals surface area contributed by atoms with Gasteiger partial charge in [0, 0.05) is 12.6 Å². The number of rotatable bonds is 8. The van der Waals surface area contributed by atoms with Gasteiger partial charge in [-0.15, -0.1) is 0 Å². The molecular weight excluding hydrogens is 226 g/mol. The van der Waals surface area contributed by atoms with Crippen LogP contribution in [0.3, 0.4) is 0 Å². The molecule has 0 heterocycles. The molecule has 0 spiro atoms. The van der Waals surface area contributed by atoms with Crippen LogP contribution in [-0.2, 0) is 4.79 Å². The van der Waals surface area contributed by atoms with Gasteiger partial charge in [-0.3, -0.25) is 9.69 Å². The fraction of sp³-hybridized carbons (Fsp3) is 0.929. The highest BCUT2D eigenvalue weighted by Gasteiger charge is 2.25. The van der Waals surface area contributed by atoms with Gasteiger partial charge in [0.25, 0.3) is 0 Å². The van der Waals surface area contributed by atoms with E-state index in [1.807, 2.05) is 14.0 Å². The molecule has 3 N–H and O–H groups in total. The topological polar surface area (TPSA) is 58.4 Å². The molecule has 0 saturated heterocycles. The highest BCUT2D eigenvalue weighted by molar-refractivity contribution is 5.81. The maximum atomic E-state index is 12.1. The van der Waals surface area contributed by atoms with Gasteiger partial charge in [-0.2, -0.15) is 0 Å². The van der Waals surface area contributed by atoms with Gasteiger partial charge in [-0.05, 0) is 39.3 Å². The predicted molar refractivity (Wildman–Crippen MR) is 77.4 cm³/mol. The third kappa shape index (κ3) is 6.36. The van der Waals surface area contributed by atoms with Crippen LogP contribution in [-0.4, -0.2) is 43.0 Å². The number of carbonyl (C=O) groups excluding carboxylic acids is 1. The minimum absolute atomic E-state index is 0.0400. The van der Waals surface area contributed by atoms with Crippen molar-refractivity contribution in [2.45, 2.75) is 59.5 Å². The molecule has 2 atom stereocenters. The number of likely N-dealkylation sites (N-methyl/N-ethyl adjacent to an activating group) is 1. The Hall–Kier alpha value is -0.610. The van der Waals surface area contributed by atoms with Gasteiger partial charge in [-0.1, -0.05) is 27.2 Å². The van der Waals surface area contributed by atoms with Crippen molar-refractivity contribution in [1.82, 2.24) is 10.2 Å². The number of nitrogens with one attached hydrogen (secondary N) is 1. The van der Waals surface area contributed by atoms with Gasteiger partial charge < -0.3 is 11.1 Å².